The minimum Gasteiger partial charge on any atom is -0.504 e. The molecule has 9 heteroatoms. The Kier molecular flexibility index (Phi) is 3.97. The van der Waals surface area contributed by atoms with Crippen LogP contribution in [0.5, 0.6) is 11.5 Å². The molecule has 1 fully saturated rings. The van der Waals surface area contributed by atoms with E-state index in [0.29, 0.717) is 14.8 Å². The summed E-state index contributed by atoms with van der Waals surface area (Å²) in [6.07, 6.45) is 1.45. The smallest absolute Gasteiger partial charge is 0.280 e. The lowest BCUT2D eigenvalue weighted by Crippen LogP contribution is -2.27. The second-order valence-corrected chi connectivity index (χ2v) is 6.34. The van der Waals surface area contributed by atoms with Gasteiger partial charge >= 0.3 is 0 Å². The summed E-state index contributed by atoms with van der Waals surface area (Å²) in [5.41, 5.74) is -0.0932. The van der Waals surface area contributed by atoms with Crippen LogP contribution >= 0.6 is 24.0 Å². The summed E-state index contributed by atoms with van der Waals surface area (Å²) >= 11 is 6.22. The molecule has 1 aliphatic heterocycles. The highest BCUT2D eigenvalue weighted by Crippen LogP contribution is 2.36. The van der Waals surface area contributed by atoms with Crippen molar-refractivity contribution in [2.24, 2.45) is 0 Å². The minimum absolute atomic E-state index is 0.0345. The predicted octanol–water partition coefficient (Wildman–Crippen LogP) is 1.78. The molecule has 0 bridgehead atoms. The maximum absolute atomic E-state index is 12.4. The van der Waals surface area contributed by atoms with E-state index in [1.54, 1.807) is 12.1 Å². The van der Waals surface area contributed by atoms with Crippen LogP contribution < -0.4 is 5.56 Å². The van der Waals surface area contributed by atoms with Crippen LogP contribution in [0.1, 0.15) is 11.3 Å². The summed E-state index contributed by atoms with van der Waals surface area (Å²) in [6.45, 7) is 0.0345. The fourth-order valence-corrected chi connectivity index (χ4v) is 3.24. The van der Waals surface area contributed by atoms with Gasteiger partial charge in [0.25, 0.3) is 11.5 Å². The molecule has 0 unspecified atom stereocenters. The lowest BCUT2D eigenvalue weighted by atomic mass is 10.1. The first-order chi connectivity index (χ1) is 11.0. The number of nitrogens with one attached hydrogen (secondary N) is 1. The highest BCUT2D eigenvalue weighted by Gasteiger charge is 2.33. The van der Waals surface area contributed by atoms with E-state index in [1.807, 2.05) is 0 Å². The molecular weight excluding hydrogens is 340 g/mol. The number of phenols is 2. The molecule has 1 aromatic heterocycles. The van der Waals surface area contributed by atoms with Gasteiger partial charge in [-0.25, -0.2) is 0 Å². The number of carbonyl (C=O) groups is 1. The van der Waals surface area contributed by atoms with Crippen molar-refractivity contribution < 1.29 is 19.5 Å². The van der Waals surface area contributed by atoms with Gasteiger partial charge in [0, 0.05) is 11.6 Å². The number of thiocarbonyl (C=S) groups is 1. The summed E-state index contributed by atoms with van der Waals surface area (Å²) in [7, 11) is 0. The summed E-state index contributed by atoms with van der Waals surface area (Å²) in [4.78, 5) is 25.0. The van der Waals surface area contributed by atoms with Crippen LogP contribution in [-0.4, -0.2) is 30.5 Å². The van der Waals surface area contributed by atoms with Crippen LogP contribution in [0.3, 0.4) is 0 Å². The lowest BCUT2D eigenvalue weighted by Gasteiger charge is -2.11. The molecule has 1 aliphatic rings. The van der Waals surface area contributed by atoms with Gasteiger partial charge in [-0.3, -0.25) is 14.5 Å². The Morgan fingerprint density at radius 2 is 2.13 bits per heavy atom. The number of rotatable bonds is 3. The standard InChI is InChI=1S/C14H10N2O5S2/c17-9-3-1-2-7(12(9)19)4-10-13(20)16(14(22)23-10)6-8-5-11(18)15-21-8/h1-5,17,19H,6H2,(H,15,18)/b10-4-. The number of para-hydroxylation sites is 1. The zero-order chi connectivity index (χ0) is 16.6. The van der Waals surface area contributed by atoms with Gasteiger partial charge < -0.3 is 14.7 Å². The van der Waals surface area contributed by atoms with Crippen molar-refractivity contribution in [3.63, 3.8) is 0 Å². The number of thioether (sulfide) groups is 1. The number of hydrogen-bond acceptors (Lipinski definition) is 7. The van der Waals surface area contributed by atoms with E-state index in [1.165, 1.54) is 23.1 Å². The maximum Gasteiger partial charge on any atom is 0.280 e. The number of nitrogens with zero attached hydrogens (tertiary/aromatic N) is 1. The zero-order valence-electron chi connectivity index (χ0n) is 11.5. The van der Waals surface area contributed by atoms with Crippen LogP contribution in [-0.2, 0) is 11.3 Å². The van der Waals surface area contributed by atoms with Gasteiger partial charge in [-0.2, -0.15) is 5.16 Å². The Labute approximate surface area is 139 Å². The third-order valence-corrected chi connectivity index (χ3v) is 4.47. The average Bonchev–Trinajstić information content (AvgIpc) is 3.03. The fourth-order valence-electron chi connectivity index (χ4n) is 2.00. The number of benzene rings is 1. The van der Waals surface area contributed by atoms with Crippen molar-refractivity contribution in [2.45, 2.75) is 6.54 Å². The van der Waals surface area contributed by atoms with E-state index in [-0.39, 0.29) is 29.7 Å². The van der Waals surface area contributed by atoms with Crippen molar-refractivity contribution in [3.05, 3.63) is 50.8 Å². The quantitative estimate of drug-likeness (QED) is 0.440. The second-order valence-electron chi connectivity index (χ2n) is 4.66. The van der Waals surface area contributed by atoms with Gasteiger partial charge in [0.15, 0.2) is 17.3 Å². The Balaban J connectivity index is 1.87. The molecule has 3 N–H and O–H groups in total. The molecule has 3 rings (SSSR count). The molecular formula is C14H10N2O5S2. The average molecular weight is 350 g/mol. The van der Waals surface area contributed by atoms with Gasteiger partial charge in [0.2, 0.25) is 0 Å². The van der Waals surface area contributed by atoms with Crippen LogP contribution in [0.4, 0.5) is 0 Å². The largest absolute Gasteiger partial charge is 0.504 e. The number of aromatic nitrogens is 1. The Morgan fingerprint density at radius 3 is 2.83 bits per heavy atom. The minimum atomic E-state index is -0.398. The molecule has 1 saturated heterocycles. The number of hydrogen-bond donors (Lipinski definition) is 3. The number of amides is 1. The number of phenolic OH excluding ortho intramolecular Hbond substituents is 2. The molecule has 0 aliphatic carbocycles. The molecule has 1 aromatic carbocycles. The van der Waals surface area contributed by atoms with Crippen LogP contribution in [0, 0.1) is 0 Å². The molecule has 1 amide bonds. The molecule has 7 nitrogen and oxygen atoms in total. The van der Waals surface area contributed by atoms with Crippen molar-refractivity contribution in [1.82, 2.24) is 10.1 Å². The molecule has 0 spiro atoms. The highest BCUT2D eigenvalue weighted by molar-refractivity contribution is 8.26. The number of H-pyrrole nitrogens is 1. The van der Waals surface area contributed by atoms with Gasteiger partial charge in [-0.05, 0) is 12.1 Å². The van der Waals surface area contributed by atoms with Crippen LogP contribution in [0.2, 0.25) is 0 Å². The van der Waals surface area contributed by atoms with E-state index in [9.17, 15) is 19.8 Å². The Hall–Kier alpha value is -2.52. The second kappa shape index (κ2) is 5.94. The van der Waals surface area contributed by atoms with E-state index in [4.69, 9.17) is 16.7 Å². The van der Waals surface area contributed by atoms with Crippen molar-refractivity contribution in [1.29, 1.82) is 0 Å². The fraction of sp³-hybridized carbons (Fsp3) is 0.0714. The number of carbonyl (C=O) groups excluding carboxylic acids is 1. The van der Waals surface area contributed by atoms with E-state index in [0.717, 1.165) is 11.8 Å². The van der Waals surface area contributed by atoms with Gasteiger partial charge in [-0.15, -0.1) is 0 Å². The van der Waals surface area contributed by atoms with Crippen molar-refractivity contribution in [2.75, 3.05) is 0 Å². The monoisotopic (exact) mass is 350 g/mol. The third kappa shape index (κ3) is 3.01. The highest BCUT2D eigenvalue weighted by atomic mass is 32.2. The first-order valence-electron chi connectivity index (χ1n) is 6.39. The molecule has 0 radical (unpaired) electrons. The van der Waals surface area contributed by atoms with Gasteiger partial charge in [0.05, 0.1) is 11.4 Å². The van der Waals surface area contributed by atoms with E-state index < -0.39 is 5.56 Å². The predicted molar refractivity (Wildman–Crippen MR) is 87.8 cm³/mol. The number of aromatic amines is 1. The van der Waals surface area contributed by atoms with Gasteiger partial charge in [-0.1, -0.05) is 36.1 Å². The Morgan fingerprint density at radius 1 is 1.35 bits per heavy atom. The third-order valence-electron chi connectivity index (χ3n) is 3.09. The molecule has 2 aromatic rings. The molecule has 0 atom stereocenters. The summed E-state index contributed by atoms with van der Waals surface area (Å²) in [5.74, 6) is -0.669. The first-order valence-corrected chi connectivity index (χ1v) is 7.62. The van der Waals surface area contributed by atoms with Gasteiger partial charge in [0.1, 0.15) is 4.32 Å². The van der Waals surface area contributed by atoms with Crippen molar-refractivity contribution >= 4 is 40.3 Å². The van der Waals surface area contributed by atoms with E-state index >= 15 is 0 Å². The molecule has 23 heavy (non-hydrogen) atoms. The lowest BCUT2D eigenvalue weighted by molar-refractivity contribution is -0.122. The normalized spacial score (nSPS) is 16.5. The van der Waals surface area contributed by atoms with Crippen LogP contribution in [0.25, 0.3) is 6.08 Å². The summed E-state index contributed by atoms with van der Waals surface area (Å²) < 4.78 is 5.23. The van der Waals surface area contributed by atoms with E-state index in [2.05, 4.69) is 5.16 Å². The zero-order valence-corrected chi connectivity index (χ0v) is 13.1. The molecule has 2 heterocycles. The van der Waals surface area contributed by atoms with Crippen molar-refractivity contribution in [3.8, 4) is 11.5 Å². The molecule has 118 valence electrons. The number of aromatic hydroxyl groups is 2. The SMILES string of the molecule is O=C1/C(=C/c2cccc(O)c2O)SC(=S)N1Cc1cc(=O)[nH]o1. The first kappa shape index (κ1) is 15.4. The Bertz CT molecular complexity index is 883. The summed E-state index contributed by atoms with van der Waals surface area (Å²) in [5, 5.41) is 21.4. The van der Waals surface area contributed by atoms with Crippen LogP contribution in [0.15, 0.2) is 38.5 Å². The maximum atomic E-state index is 12.4. The molecule has 0 saturated carbocycles. The summed E-state index contributed by atoms with van der Waals surface area (Å²) in [6, 6.07) is 5.69. The topological polar surface area (TPSA) is 107 Å².